The first-order valence-electron chi connectivity index (χ1n) is 12.7. The molecule has 0 aromatic carbocycles. The quantitative estimate of drug-likeness (QED) is 0.376. The summed E-state index contributed by atoms with van der Waals surface area (Å²) in [5.41, 5.74) is 1.12. The molecule has 2 amide bonds. The van der Waals surface area contributed by atoms with Crippen molar-refractivity contribution in [2.24, 2.45) is 18.9 Å². The molecule has 1 aliphatic heterocycles. The number of carbonyl (C=O) groups excluding carboxylic acids is 2. The fourth-order valence-corrected chi connectivity index (χ4v) is 6.05. The molecule has 2 aliphatic carbocycles. The minimum absolute atomic E-state index is 0.0732. The van der Waals surface area contributed by atoms with Gasteiger partial charge in [-0.1, -0.05) is 0 Å². The van der Waals surface area contributed by atoms with Crippen molar-refractivity contribution in [1.29, 1.82) is 0 Å². The molecule has 1 saturated heterocycles. The van der Waals surface area contributed by atoms with E-state index in [-0.39, 0.29) is 29.5 Å². The number of aromatic nitrogens is 5. The van der Waals surface area contributed by atoms with Crippen molar-refractivity contribution >= 4 is 39.9 Å². The molecule has 0 radical (unpaired) electrons. The number of alkyl halides is 2. The van der Waals surface area contributed by atoms with E-state index < -0.39 is 6.43 Å². The standard InChI is InChI=1S/C24H28F2N8O3S/c1-33-18(7-16(32-33)20(25)26)29-24-31-28-11-34(24)14-4-5-17-15(6-14)19(22(36)27-8-12-2-3-12)23(38-17)30-21(35)13-9-37-10-13/h7,11-14,20H,2-6,8-10H2,1H3,(H,27,36)(H,29,31)(H,30,35)/t14-/m0/s1. The van der Waals surface area contributed by atoms with Gasteiger partial charge in [-0.3, -0.25) is 18.8 Å². The molecule has 38 heavy (non-hydrogen) atoms. The van der Waals surface area contributed by atoms with Crippen LogP contribution in [0.4, 0.5) is 25.5 Å². The van der Waals surface area contributed by atoms with Gasteiger partial charge in [-0.15, -0.1) is 21.5 Å². The Hall–Kier alpha value is -3.39. The lowest BCUT2D eigenvalue weighted by atomic mass is 9.91. The van der Waals surface area contributed by atoms with Crippen LogP contribution in [0.1, 0.15) is 58.2 Å². The highest BCUT2D eigenvalue weighted by molar-refractivity contribution is 7.17. The Balaban J connectivity index is 1.25. The molecule has 1 saturated carbocycles. The molecule has 202 valence electrons. The number of halogens is 2. The number of amides is 2. The zero-order valence-corrected chi connectivity index (χ0v) is 21.6. The molecule has 3 N–H and O–H groups in total. The van der Waals surface area contributed by atoms with Gasteiger partial charge in [0.25, 0.3) is 12.3 Å². The van der Waals surface area contributed by atoms with Gasteiger partial charge in [-0.25, -0.2) is 8.78 Å². The summed E-state index contributed by atoms with van der Waals surface area (Å²) in [6.07, 6.45) is 3.18. The summed E-state index contributed by atoms with van der Waals surface area (Å²) in [4.78, 5) is 27.1. The van der Waals surface area contributed by atoms with E-state index in [0.29, 0.717) is 54.4 Å². The predicted molar refractivity (Wildman–Crippen MR) is 135 cm³/mol. The second-order valence-corrected chi connectivity index (χ2v) is 11.2. The second kappa shape index (κ2) is 10.1. The minimum atomic E-state index is -2.68. The Labute approximate surface area is 220 Å². The highest BCUT2D eigenvalue weighted by Gasteiger charge is 2.34. The number of hydrogen-bond donors (Lipinski definition) is 3. The first-order valence-corrected chi connectivity index (χ1v) is 13.5. The number of carbonyl (C=O) groups is 2. The largest absolute Gasteiger partial charge is 0.380 e. The normalized spacial score (nSPS) is 19.2. The van der Waals surface area contributed by atoms with Crippen molar-refractivity contribution < 1.29 is 23.1 Å². The minimum Gasteiger partial charge on any atom is -0.380 e. The van der Waals surface area contributed by atoms with E-state index >= 15 is 0 Å². The summed E-state index contributed by atoms with van der Waals surface area (Å²) in [6, 6.07) is 1.21. The number of thiophene rings is 1. The van der Waals surface area contributed by atoms with E-state index in [1.54, 1.807) is 13.4 Å². The van der Waals surface area contributed by atoms with Crippen LogP contribution in [0.2, 0.25) is 0 Å². The lowest BCUT2D eigenvalue weighted by Crippen LogP contribution is -2.38. The van der Waals surface area contributed by atoms with Crippen LogP contribution in [0.3, 0.4) is 0 Å². The van der Waals surface area contributed by atoms with E-state index in [0.717, 1.165) is 36.1 Å². The fraction of sp³-hybridized carbons (Fsp3) is 0.542. The lowest BCUT2D eigenvalue weighted by Gasteiger charge is -2.25. The van der Waals surface area contributed by atoms with Gasteiger partial charge in [0.05, 0.1) is 24.7 Å². The third kappa shape index (κ3) is 4.89. The first-order chi connectivity index (χ1) is 18.4. The molecular weight excluding hydrogens is 518 g/mol. The van der Waals surface area contributed by atoms with Crippen molar-refractivity contribution in [3.8, 4) is 0 Å². The van der Waals surface area contributed by atoms with E-state index in [9.17, 15) is 18.4 Å². The van der Waals surface area contributed by atoms with Crippen LogP contribution in [-0.2, 0) is 29.4 Å². The van der Waals surface area contributed by atoms with Crippen LogP contribution in [0, 0.1) is 11.8 Å². The number of hydrogen-bond acceptors (Lipinski definition) is 8. The maximum atomic E-state index is 13.4. The van der Waals surface area contributed by atoms with Gasteiger partial charge in [0, 0.05) is 30.6 Å². The maximum absolute atomic E-state index is 13.4. The monoisotopic (exact) mass is 546 g/mol. The van der Waals surface area contributed by atoms with Gasteiger partial charge in [0.1, 0.15) is 22.8 Å². The number of nitrogens with zero attached hydrogens (tertiary/aromatic N) is 5. The van der Waals surface area contributed by atoms with Gasteiger partial charge < -0.3 is 20.7 Å². The van der Waals surface area contributed by atoms with Crippen molar-refractivity contribution in [2.75, 3.05) is 30.4 Å². The van der Waals surface area contributed by atoms with E-state index in [1.807, 2.05) is 4.57 Å². The number of fused-ring (bicyclic) bond motifs is 1. The molecule has 14 heteroatoms. The van der Waals surface area contributed by atoms with Crippen LogP contribution in [0.25, 0.3) is 0 Å². The van der Waals surface area contributed by atoms with Crippen LogP contribution in [0.15, 0.2) is 12.4 Å². The summed E-state index contributed by atoms with van der Waals surface area (Å²) >= 11 is 1.46. The molecule has 3 aromatic heterocycles. The average Bonchev–Trinajstić information content (AvgIpc) is 3.26. The zero-order valence-electron chi connectivity index (χ0n) is 20.7. The highest BCUT2D eigenvalue weighted by atomic mass is 32.1. The Kier molecular flexibility index (Phi) is 6.60. The van der Waals surface area contributed by atoms with E-state index in [1.165, 1.54) is 22.1 Å². The lowest BCUT2D eigenvalue weighted by molar-refractivity contribution is -0.133. The van der Waals surface area contributed by atoms with Crippen molar-refractivity contribution in [2.45, 2.75) is 44.6 Å². The number of nitrogens with one attached hydrogen (secondary N) is 3. The summed E-state index contributed by atoms with van der Waals surface area (Å²) in [5, 5.41) is 21.7. The molecule has 3 aromatic rings. The molecular formula is C24H28F2N8O3S. The average molecular weight is 547 g/mol. The number of anilines is 3. The van der Waals surface area contributed by atoms with Crippen LogP contribution < -0.4 is 16.0 Å². The Morgan fingerprint density at radius 2 is 2.08 bits per heavy atom. The Morgan fingerprint density at radius 3 is 2.76 bits per heavy atom. The van der Waals surface area contributed by atoms with Gasteiger partial charge in [-0.05, 0) is 43.6 Å². The molecule has 1 atom stereocenters. The summed E-state index contributed by atoms with van der Waals surface area (Å²) in [5.74, 6) is 0.781. The van der Waals surface area contributed by atoms with Crippen molar-refractivity contribution in [1.82, 2.24) is 29.9 Å². The predicted octanol–water partition coefficient (Wildman–Crippen LogP) is 3.21. The second-order valence-electron chi connectivity index (χ2n) is 10.0. The first kappa shape index (κ1) is 24.9. The summed E-state index contributed by atoms with van der Waals surface area (Å²) in [6.45, 7) is 1.41. The van der Waals surface area contributed by atoms with Gasteiger partial charge in [0.2, 0.25) is 11.9 Å². The van der Waals surface area contributed by atoms with Gasteiger partial charge in [-0.2, -0.15) is 5.10 Å². The molecule has 0 spiro atoms. The van der Waals surface area contributed by atoms with Crippen molar-refractivity contribution in [3.63, 3.8) is 0 Å². The van der Waals surface area contributed by atoms with Crippen LogP contribution in [-0.4, -0.2) is 56.1 Å². The Morgan fingerprint density at radius 1 is 1.26 bits per heavy atom. The maximum Gasteiger partial charge on any atom is 0.282 e. The summed E-state index contributed by atoms with van der Waals surface area (Å²) < 4.78 is 34.6. The van der Waals surface area contributed by atoms with Crippen molar-refractivity contribution in [3.05, 3.63) is 34.1 Å². The summed E-state index contributed by atoms with van der Waals surface area (Å²) in [7, 11) is 1.57. The fourth-order valence-electron chi connectivity index (χ4n) is 4.81. The number of rotatable bonds is 9. The number of ether oxygens (including phenoxy) is 1. The Bertz CT molecular complexity index is 1360. The molecule has 6 rings (SSSR count). The smallest absolute Gasteiger partial charge is 0.282 e. The molecule has 4 heterocycles. The third-order valence-electron chi connectivity index (χ3n) is 7.28. The SMILES string of the molecule is Cn1nc(C(F)F)cc1Nc1nncn1[C@H]1CCc2sc(NC(=O)C3COC3)c(C(=O)NCC3CC3)c2C1. The van der Waals surface area contributed by atoms with E-state index in [4.69, 9.17) is 4.74 Å². The van der Waals surface area contributed by atoms with E-state index in [2.05, 4.69) is 31.2 Å². The molecule has 11 nitrogen and oxygen atoms in total. The van der Waals surface area contributed by atoms with Crippen LogP contribution >= 0.6 is 11.3 Å². The molecule has 2 fully saturated rings. The topological polar surface area (TPSA) is 128 Å². The number of aryl methyl sites for hydroxylation is 2. The van der Waals surface area contributed by atoms with Gasteiger partial charge in [0.15, 0.2) is 0 Å². The molecule has 3 aliphatic rings. The molecule has 0 bridgehead atoms. The molecule has 0 unspecified atom stereocenters. The zero-order chi connectivity index (χ0) is 26.4. The van der Waals surface area contributed by atoms with Gasteiger partial charge >= 0.3 is 0 Å². The van der Waals surface area contributed by atoms with Crippen LogP contribution in [0.5, 0.6) is 0 Å². The highest BCUT2D eigenvalue weighted by Crippen LogP contribution is 2.42. The third-order valence-corrected chi connectivity index (χ3v) is 8.49.